The van der Waals surface area contributed by atoms with Gasteiger partial charge in [0.2, 0.25) is 5.95 Å². The minimum absolute atomic E-state index is 0.279. The maximum Gasteiger partial charge on any atom is 0.222 e. The van der Waals surface area contributed by atoms with Gasteiger partial charge < -0.3 is 21.1 Å². The number of nitrogens with one attached hydrogen (secondary N) is 2. The number of aromatic nitrogens is 4. The van der Waals surface area contributed by atoms with Crippen LogP contribution in [-0.4, -0.2) is 63.5 Å². The van der Waals surface area contributed by atoms with Gasteiger partial charge in [0.15, 0.2) is 5.82 Å². The highest BCUT2D eigenvalue weighted by molar-refractivity contribution is 5.86. The molecule has 2 bridgehead atoms. The zero-order chi connectivity index (χ0) is 24.3. The SMILES string of the molecule is COc1cc(CN2C[C@@H]3C[C@H]2CN3)ccc1Cn1ncc2nc(N)nc(NCC3CC4(CCC4)C3)c21. The second-order valence-corrected chi connectivity index (χ2v) is 11.5. The van der Waals surface area contributed by atoms with Gasteiger partial charge in [-0.05, 0) is 55.1 Å². The molecule has 1 spiro atoms. The van der Waals surface area contributed by atoms with E-state index in [0.29, 0.717) is 30.0 Å². The van der Waals surface area contributed by atoms with Crippen molar-refractivity contribution in [1.82, 2.24) is 30.0 Å². The Balaban J connectivity index is 1.09. The number of nitrogen functional groups attached to an aromatic ring is 1. The number of methoxy groups -OCH3 is 1. The van der Waals surface area contributed by atoms with Gasteiger partial charge in [-0.1, -0.05) is 18.6 Å². The Hall–Kier alpha value is -2.91. The molecule has 0 amide bonds. The smallest absolute Gasteiger partial charge is 0.222 e. The summed E-state index contributed by atoms with van der Waals surface area (Å²) in [7, 11) is 1.75. The van der Waals surface area contributed by atoms with Crippen LogP contribution in [0.3, 0.4) is 0 Å². The van der Waals surface area contributed by atoms with E-state index in [-0.39, 0.29) is 5.95 Å². The second-order valence-electron chi connectivity index (χ2n) is 11.5. The Morgan fingerprint density at radius 2 is 2.11 bits per heavy atom. The molecule has 4 heterocycles. The van der Waals surface area contributed by atoms with Gasteiger partial charge in [0, 0.05) is 43.8 Å². The average molecular weight is 489 g/mol. The Labute approximate surface area is 211 Å². The van der Waals surface area contributed by atoms with Crippen molar-refractivity contribution in [2.75, 3.05) is 37.8 Å². The third-order valence-electron chi connectivity index (χ3n) is 9.15. The molecule has 7 rings (SSSR count). The summed E-state index contributed by atoms with van der Waals surface area (Å²) in [6.07, 6.45) is 9.96. The first-order valence-electron chi connectivity index (χ1n) is 13.4. The minimum atomic E-state index is 0.279. The van der Waals surface area contributed by atoms with Gasteiger partial charge in [0.1, 0.15) is 16.8 Å². The number of nitrogens with two attached hydrogens (primary N) is 1. The van der Waals surface area contributed by atoms with E-state index in [9.17, 15) is 0 Å². The van der Waals surface area contributed by atoms with Crippen LogP contribution in [0.4, 0.5) is 11.8 Å². The Morgan fingerprint density at radius 3 is 2.83 bits per heavy atom. The highest BCUT2D eigenvalue weighted by atomic mass is 16.5. The van der Waals surface area contributed by atoms with Gasteiger partial charge in [0.25, 0.3) is 0 Å². The number of nitrogens with zero attached hydrogens (tertiary/aromatic N) is 5. The lowest BCUT2D eigenvalue weighted by atomic mass is 9.52. The van der Waals surface area contributed by atoms with Crippen LogP contribution < -0.4 is 21.1 Å². The lowest BCUT2D eigenvalue weighted by Crippen LogP contribution is -2.45. The molecule has 190 valence electrons. The molecule has 2 aliphatic heterocycles. The number of piperazine rings is 1. The molecule has 36 heavy (non-hydrogen) atoms. The Kier molecular flexibility index (Phi) is 5.32. The molecule has 2 saturated heterocycles. The minimum Gasteiger partial charge on any atom is -0.496 e. The number of anilines is 2. The van der Waals surface area contributed by atoms with Gasteiger partial charge in [-0.25, -0.2) is 4.98 Å². The quantitative estimate of drug-likeness (QED) is 0.444. The summed E-state index contributed by atoms with van der Waals surface area (Å²) in [6.45, 7) is 4.71. The fraction of sp³-hybridized carbons (Fsp3) is 0.593. The number of rotatable bonds is 8. The summed E-state index contributed by atoms with van der Waals surface area (Å²) in [5.74, 6) is 2.66. The number of likely N-dealkylation sites (tertiary alicyclic amines) is 1. The van der Waals surface area contributed by atoms with Crippen LogP contribution >= 0.6 is 0 Å². The monoisotopic (exact) mass is 488 g/mol. The fourth-order valence-corrected chi connectivity index (χ4v) is 7.15. The molecule has 3 aromatic rings. The molecular formula is C27H36N8O. The Morgan fingerprint density at radius 1 is 1.22 bits per heavy atom. The summed E-state index contributed by atoms with van der Waals surface area (Å²) >= 11 is 0. The third kappa shape index (κ3) is 3.89. The van der Waals surface area contributed by atoms with E-state index in [1.54, 1.807) is 13.3 Å². The van der Waals surface area contributed by atoms with E-state index < -0.39 is 0 Å². The molecule has 2 saturated carbocycles. The topological polar surface area (TPSA) is 106 Å². The van der Waals surface area contributed by atoms with Crippen LogP contribution in [0.25, 0.3) is 11.0 Å². The molecule has 1 aromatic carbocycles. The first-order chi connectivity index (χ1) is 17.6. The van der Waals surface area contributed by atoms with E-state index in [4.69, 9.17) is 10.5 Å². The van der Waals surface area contributed by atoms with Crippen molar-refractivity contribution < 1.29 is 4.74 Å². The van der Waals surface area contributed by atoms with E-state index in [0.717, 1.165) is 54.3 Å². The predicted octanol–water partition coefficient (Wildman–Crippen LogP) is 3.00. The maximum absolute atomic E-state index is 6.04. The number of hydrogen-bond acceptors (Lipinski definition) is 8. The summed E-state index contributed by atoms with van der Waals surface area (Å²) in [5.41, 5.74) is 10.7. The van der Waals surface area contributed by atoms with E-state index in [1.807, 2.05) is 4.68 Å². The van der Waals surface area contributed by atoms with Crippen molar-refractivity contribution in [3.05, 3.63) is 35.5 Å². The number of benzene rings is 1. The lowest BCUT2D eigenvalue weighted by Gasteiger charge is -2.54. The van der Waals surface area contributed by atoms with Crippen LogP contribution in [-0.2, 0) is 13.1 Å². The Bertz CT molecular complexity index is 1280. The average Bonchev–Trinajstić information content (AvgIpc) is 3.54. The van der Waals surface area contributed by atoms with Crippen molar-refractivity contribution in [2.45, 2.75) is 63.7 Å². The number of ether oxygens (including phenoxy) is 1. The largest absolute Gasteiger partial charge is 0.496 e. The third-order valence-corrected chi connectivity index (χ3v) is 9.15. The van der Waals surface area contributed by atoms with Crippen LogP contribution in [0.15, 0.2) is 24.4 Å². The van der Waals surface area contributed by atoms with Crippen LogP contribution in [0.5, 0.6) is 5.75 Å². The zero-order valence-corrected chi connectivity index (χ0v) is 21.0. The van der Waals surface area contributed by atoms with Crippen LogP contribution in [0.1, 0.15) is 49.7 Å². The summed E-state index contributed by atoms with van der Waals surface area (Å²) in [5, 5.41) is 11.8. The molecule has 2 aliphatic carbocycles. The van der Waals surface area contributed by atoms with E-state index in [2.05, 4.69) is 48.8 Å². The molecule has 2 atom stereocenters. The zero-order valence-electron chi connectivity index (χ0n) is 21.0. The van der Waals surface area contributed by atoms with Gasteiger partial charge >= 0.3 is 0 Å². The van der Waals surface area contributed by atoms with Crippen molar-refractivity contribution in [3.63, 3.8) is 0 Å². The summed E-state index contributed by atoms with van der Waals surface area (Å²) < 4.78 is 7.79. The molecule has 4 fully saturated rings. The van der Waals surface area contributed by atoms with Crippen molar-refractivity contribution in [1.29, 1.82) is 0 Å². The number of hydrogen-bond donors (Lipinski definition) is 3. The first kappa shape index (κ1) is 22.3. The van der Waals surface area contributed by atoms with Crippen molar-refractivity contribution >= 4 is 22.8 Å². The van der Waals surface area contributed by atoms with E-state index in [1.165, 1.54) is 44.1 Å². The predicted molar refractivity (Wildman–Crippen MR) is 140 cm³/mol. The normalized spacial score (nSPS) is 24.8. The summed E-state index contributed by atoms with van der Waals surface area (Å²) in [6, 6.07) is 7.90. The van der Waals surface area contributed by atoms with Crippen LogP contribution in [0.2, 0.25) is 0 Å². The molecule has 0 radical (unpaired) electrons. The molecule has 0 unspecified atom stereocenters. The van der Waals surface area contributed by atoms with Gasteiger partial charge in [-0.3, -0.25) is 9.58 Å². The first-order valence-corrected chi connectivity index (χ1v) is 13.4. The van der Waals surface area contributed by atoms with Gasteiger partial charge in [-0.15, -0.1) is 0 Å². The summed E-state index contributed by atoms with van der Waals surface area (Å²) in [4.78, 5) is 11.6. The maximum atomic E-state index is 6.04. The van der Waals surface area contributed by atoms with Crippen LogP contribution in [0, 0.1) is 11.3 Å². The molecule has 9 nitrogen and oxygen atoms in total. The highest BCUT2D eigenvalue weighted by Crippen LogP contribution is 2.58. The second kappa shape index (κ2) is 8.59. The molecule has 9 heteroatoms. The standard InChI is InChI=1S/C27H36N8O/c1-36-23-7-17(14-34-16-20-8-21(34)12-29-20)3-4-19(23)15-35-24-22(13-31-35)32-26(28)33-25(24)30-11-18-9-27(10-18)5-2-6-27/h3-4,7,13,18,20-21,29H,2,5-6,8-12,14-16H2,1H3,(H3,28,30,32,33)/t20-,21-/m0/s1. The van der Waals surface area contributed by atoms with Gasteiger partial charge in [0.05, 0.1) is 19.9 Å². The molecule has 4 aliphatic rings. The van der Waals surface area contributed by atoms with E-state index >= 15 is 0 Å². The molecular weight excluding hydrogens is 452 g/mol. The van der Waals surface area contributed by atoms with Gasteiger partial charge in [-0.2, -0.15) is 10.1 Å². The lowest BCUT2D eigenvalue weighted by molar-refractivity contribution is -0.0185. The highest BCUT2D eigenvalue weighted by Gasteiger charge is 2.47. The van der Waals surface area contributed by atoms with Crippen molar-refractivity contribution in [2.24, 2.45) is 11.3 Å². The molecule has 4 N–H and O–H groups in total. The van der Waals surface area contributed by atoms with Crippen molar-refractivity contribution in [3.8, 4) is 5.75 Å². The molecule has 2 aromatic heterocycles. The fourth-order valence-electron chi connectivity index (χ4n) is 7.15. The number of fused-ring (bicyclic) bond motifs is 3.